The molecule has 1 saturated heterocycles. The van der Waals surface area contributed by atoms with Gasteiger partial charge in [-0.25, -0.2) is 4.98 Å². The van der Waals surface area contributed by atoms with Crippen molar-refractivity contribution in [1.29, 1.82) is 0 Å². The van der Waals surface area contributed by atoms with Gasteiger partial charge in [0.1, 0.15) is 23.9 Å². The number of nitrogens with zero attached hydrogens (tertiary/aromatic N) is 2. The van der Waals surface area contributed by atoms with Crippen molar-refractivity contribution in [2.75, 3.05) is 32.2 Å². The lowest BCUT2D eigenvalue weighted by atomic mass is 10.2. The molecular formula is C25H23N3O5S. The van der Waals surface area contributed by atoms with Gasteiger partial charge in [-0.05, 0) is 71.9 Å². The minimum absolute atomic E-state index is 0.356. The molecule has 1 aromatic heterocycles. The Hall–Kier alpha value is -3.98. The normalized spacial score (nSPS) is 14.1. The van der Waals surface area contributed by atoms with Gasteiger partial charge in [-0.2, -0.15) is 0 Å². The van der Waals surface area contributed by atoms with Gasteiger partial charge in [-0.1, -0.05) is 12.1 Å². The highest BCUT2D eigenvalue weighted by atomic mass is 32.2. The summed E-state index contributed by atoms with van der Waals surface area (Å²) in [6.07, 6.45) is 3.39. The van der Waals surface area contributed by atoms with Gasteiger partial charge in [0.2, 0.25) is 0 Å². The summed E-state index contributed by atoms with van der Waals surface area (Å²) in [7, 11) is 3.55. The maximum Gasteiger partial charge on any atom is 0.290 e. The van der Waals surface area contributed by atoms with E-state index in [0.717, 1.165) is 23.1 Å². The van der Waals surface area contributed by atoms with Gasteiger partial charge in [0.05, 0.1) is 18.6 Å². The maximum atomic E-state index is 11.7. The van der Waals surface area contributed by atoms with Crippen molar-refractivity contribution in [3.8, 4) is 23.0 Å². The van der Waals surface area contributed by atoms with Crippen LogP contribution in [-0.2, 0) is 4.79 Å². The van der Waals surface area contributed by atoms with Crippen molar-refractivity contribution in [3.63, 3.8) is 0 Å². The van der Waals surface area contributed by atoms with E-state index in [-0.39, 0.29) is 11.1 Å². The fraction of sp³-hybridized carbons (Fsp3) is 0.160. The molecule has 2 aromatic carbocycles. The number of amides is 2. The molecule has 0 unspecified atom stereocenters. The van der Waals surface area contributed by atoms with Crippen LogP contribution in [0.1, 0.15) is 5.56 Å². The molecule has 0 saturated carbocycles. The number of anilines is 1. The zero-order valence-corrected chi connectivity index (χ0v) is 19.5. The van der Waals surface area contributed by atoms with E-state index in [1.54, 1.807) is 19.4 Å². The minimum atomic E-state index is -0.372. The molecular weight excluding hydrogens is 454 g/mol. The monoisotopic (exact) mass is 477 g/mol. The first kappa shape index (κ1) is 23.2. The quantitative estimate of drug-likeness (QED) is 0.443. The van der Waals surface area contributed by atoms with E-state index >= 15 is 0 Å². The van der Waals surface area contributed by atoms with E-state index in [1.165, 1.54) is 0 Å². The van der Waals surface area contributed by atoms with Gasteiger partial charge >= 0.3 is 0 Å². The molecule has 3 aromatic rings. The van der Waals surface area contributed by atoms with Gasteiger partial charge in [-0.3, -0.25) is 14.9 Å². The summed E-state index contributed by atoms with van der Waals surface area (Å²) in [6.45, 7) is 1.02. The molecule has 4 rings (SSSR count). The number of ether oxygens (including phenoxy) is 3. The van der Waals surface area contributed by atoms with Crippen LogP contribution in [0.15, 0.2) is 71.8 Å². The zero-order valence-electron chi connectivity index (χ0n) is 18.7. The van der Waals surface area contributed by atoms with Gasteiger partial charge in [0, 0.05) is 13.2 Å². The minimum Gasteiger partial charge on any atom is -0.497 e. The Kier molecular flexibility index (Phi) is 7.34. The number of aromatic nitrogens is 1. The van der Waals surface area contributed by atoms with Crippen molar-refractivity contribution in [2.24, 2.45) is 0 Å². The fourth-order valence-electron chi connectivity index (χ4n) is 3.16. The van der Waals surface area contributed by atoms with Crippen LogP contribution in [0, 0.1) is 0 Å². The molecule has 174 valence electrons. The maximum absolute atomic E-state index is 11.7. The summed E-state index contributed by atoms with van der Waals surface area (Å²) in [5.74, 6) is 3.11. The molecule has 1 aliphatic rings. The Labute approximate surface area is 201 Å². The standard InChI is InChI=1S/C25H23N3O5S/c1-28(23-21(4-3-13-26-23)33-20-11-9-18(31-2)10-12-20)14-15-32-19-7-5-17(6-8-19)16-22-24(29)27-25(30)34-22/h3-13,16H,14-15H2,1-2H3,(H,27,29,30)/b22-16-. The number of imide groups is 1. The second-order valence-electron chi connectivity index (χ2n) is 7.29. The average Bonchev–Trinajstić information content (AvgIpc) is 3.17. The molecule has 34 heavy (non-hydrogen) atoms. The largest absolute Gasteiger partial charge is 0.497 e. The molecule has 2 heterocycles. The highest BCUT2D eigenvalue weighted by Crippen LogP contribution is 2.30. The summed E-state index contributed by atoms with van der Waals surface area (Å²) >= 11 is 0.894. The predicted octanol–water partition coefficient (Wildman–Crippen LogP) is 4.72. The SMILES string of the molecule is COc1ccc(Oc2cccnc2N(C)CCOc2ccc(/C=C3\SC(=O)NC3=O)cc2)cc1. The summed E-state index contributed by atoms with van der Waals surface area (Å²) in [5.41, 5.74) is 0.811. The van der Waals surface area contributed by atoms with Crippen LogP contribution in [-0.4, -0.2) is 43.4 Å². The number of pyridine rings is 1. The second kappa shape index (κ2) is 10.8. The van der Waals surface area contributed by atoms with E-state index in [0.29, 0.717) is 41.1 Å². The number of rotatable bonds is 9. The lowest BCUT2D eigenvalue weighted by molar-refractivity contribution is -0.115. The van der Waals surface area contributed by atoms with Crippen LogP contribution in [0.3, 0.4) is 0 Å². The van der Waals surface area contributed by atoms with E-state index in [9.17, 15) is 9.59 Å². The van der Waals surface area contributed by atoms with E-state index in [4.69, 9.17) is 14.2 Å². The Morgan fingerprint density at radius 1 is 1.00 bits per heavy atom. The molecule has 1 N–H and O–H groups in total. The number of benzene rings is 2. The number of likely N-dealkylation sites (N-methyl/N-ethyl adjacent to an activating group) is 1. The number of carbonyl (C=O) groups is 2. The Morgan fingerprint density at radius 3 is 2.38 bits per heavy atom. The third kappa shape index (κ3) is 5.87. The molecule has 9 heteroatoms. The second-order valence-corrected chi connectivity index (χ2v) is 8.31. The smallest absolute Gasteiger partial charge is 0.290 e. The molecule has 0 spiro atoms. The molecule has 8 nitrogen and oxygen atoms in total. The predicted molar refractivity (Wildman–Crippen MR) is 132 cm³/mol. The van der Waals surface area contributed by atoms with E-state index < -0.39 is 0 Å². The van der Waals surface area contributed by atoms with Crippen LogP contribution in [0.4, 0.5) is 10.6 Å². The molecule has 0 radical (unpaired) electrons. The van der Waals surface area contributed by atoms with Gasteiger partial charge in [-0.15, -0.1) is 0 Å². The summed E-state index contributed by atoms with van der Waals surface area (Å²) in [4.78, 5) is 29.7. The highest BCUT2D eigenvalue weighted by molar-refractivity contribution is 8.18. The lowest BCUT2D eigenvalue weighted by Gasteiger charge is -2.21. The number of nitrogens with one attached hydrogen (secondary N) is 1. The first-order chi connectivity index (χ1) is 16.5. The Bertz CT molecular complexity index is 1200. The van der Waals surface area contributed by atoms with E-state index in [1.807, 2.05) is 72.6 Å². The van der Waals surface area contributed by atoms with Crippen LogP contribution in [0.25, 0.3) is 6.08 Å². The van der Waals surface area contributed by atoms with Crippen molar-refractivity contribution >= 4 is 34.8 Å². The summed E-state index contributed by atoms with van der Waals surface area (Å²) < 4.78 is 17.1. The van der Waals surface area contributed by atoms with Crippen LogP contribution >= 0.6 is 11.8 Å². The molecule has 2 amide bonds. The Balaban J connectivity index is 1.32. The topological polar surface area (TPSA) is 90.0 Å². The first-order valence-electron chi connectivity index (χ1n) is 10.5. The van der Waals surface area contributed by atoms with Crippen molar-refractivity contribution in [2.45, 2.75) is 0 Å². The fourth-order valence-corrected chi connectivity index (χ4v) is 3.84. The highest BCUT2D eigenvalue weighted by Gasteiger charge is 2.24. The van der Waals surface area contributed by atoms with Crippen LogP contribution < -0.4 is 24.4 Å². The lowest BCUT2D eigenvalue weighted by Crippen LogP contribution is -2.25. The third-order valence-electron chi connectivity index (χ3n) is 4.92. The van der Waals surface area contributed by atoms with Crippen LogP contribution in [0.2, 0.25) is 0 Å². The van der Waals surface area contributed by atoms with Crippen molar-refractivity contribution < 1.29 is 23.8 Å². The third-order valence-corrected chi connectivity index (χ3v) is 5.73. The van der Waals surface area contributed by atoms with Gasteiger partial charge < -0.3 is 19.1 Å². The van der Waals surface area contributed by atoms with Crippen molar-refractivity contribution in [3.05, 3.63) is 77.3 Å². The van der Waals surface area contributed by atoms with Crippen molar-refractivity contribution in [1.82, 2.24) is 10.3 Å². The zero-order chi connectivity index (χ0) is 23.9. The van der Waals surface area contributed by atoms with Crippen LogP contribution in [0.5, 0.6) is 23.0 Å². The van der Waals surface area contributed by atoms with Gasteiger partial charge in [0.25, 0.3) is 11.1 Å². The number of carbonyl (C=O) groups excluding carboxylic acids is 2. The average molecular weight is 478 g/mol. The number of methoxy groups -OCH3 is 1. The molecule has 1 aliphatic heterocycles. The molecule has 0 atom stereocenters. The number of hydrogen-bond donors (Lipinski definition) is 1. The first-order valence-corrected chi connectivity index (χ1v) is 11.3. The Morgan fingerprint density at radius 2 is 1.71 bits per heavy atom. The number of thioether (sulfide) groups is 1. The molecule has 1 fully saturated rings. The summed E-state index contributed by atoms with van der Waals surface area (Å²) in [5, 5.41) is 1.89. The molecule has 0 bridgehead atoms. The van der Waals surface area contributed by atoms with Gasteiger partial charge in [0.15, 0.2) is 11.6 Å². The van der Waals surface area contributed by atoms with E-state index in [2.05, 4.69) is 10.3 Å². The number of hydrogen-bond acceptors (Lipinski definition) is 8. The molecule has 0 aliphatic carbocycles. The summed E-state index contributed by atoms with van der Waals surface area (Å²) in [6, 6.07) is 18.4.